The molecule has 3 heterocycles. The summed E-state index contributed by atoms with van der Waals surface area (Å²) in [6, 6.07) is 5.48. The summed E-state index contributed by atoms with van der Waals surface area (Å²) < 4.78 is 0. The Kier molecular flexibility index (Phi) is 2.87. The van der Waals surface area contributed by atoms with Crippen molar-refractivity contribution in [2.24, 2.45) is 5.73 Å². The molecule has 0 bridgehead atoms. The first kappa shape index (κ1) is 15.6. The molecular formula is C19H17ClN4O2. The van der Waals surface area contributed by atoms with E-state index >= 15 is 0 Å². The van der Waals surface area contributed by atoms with Crippen LogP contribution in [0.1, 0.15) is 30.9 Å². The molecule has 1 saturated carbocycles. The van der Waals surface area contributed by atoms with Crippen molar-refractivity contribution in [1.82, 2.24) is 4.98 Å². The zero-order valence-corrected chi connectivity index (χ0v) is 14.9. The monoisotopic (exact) mass is 368 g/mol. The van der Waals surface area contributed by atoms with Crippen LogP contribution >= 0.6 is 11.6 Å². The third-order valence-electron chi connectivity index (χ3n) is 6.06. The number of hydrogen-bond donors (Lipinski definition) is 3. The van der Waals surface area contributed by atoms with Gasteiger partial charge in [-0.25, -0.2) is 4.98 Å². The van der Waals surface area contributed by atoms with Crippen molar-refractivity contribution in [2.45, 2.75) is 30.6 Å². The largest absolute Gasteiger partial charge is 0.369 e. The van der Waals surface area contributed by atoms with Crippen LogP contribution in [0.5, 0.6) is 0 Å². The number of pyridine rings is 1. The van der Waals surface area contributed by atoms with Crippen LogP contribution in [0.2, 0.25) is 5.02 Å². The highest BCUT2D eigenvalue weighted by Gasteiger charge is 2.51. The van der Waals surface area contributed by atoms with Crippen molar-refractivity contribution < 1.29 is 9.59 Å². The minimum atomic E-state index is -1.39. The van der Waals surface area contributed by atoms with Crippen LogP contribution in [0.4, 0.5) is 11.5 Å². The van der Waals surface area contributed by atoms with Gasteiger partial charge in [0.15, 0.2) is 5.41 Å². The maximum absolute atomic E-state index is 12.3. The molecule has 1 aromatic heterocycles. The molecule has 6 nitrogen and oxygen atoms in total. The molecule has 1 unspecified atom stereocenters. The standard InChI is InChI=1S/C19H17ClN4O2/c1-18(16(21)25)11-6-9(2-3-12(11)24-17(18)26)10-7-22-15-13(14(10)20)19(4-5-19)8-23-15/h2-3,6-7H,4-5,8H2,1H3,(H2,21,25)(H,22,23)(H,24,26). The molecule has 5 rings (SSSR count). The Morgan fingerprint density at radius 2 is 2.12 bits per heavy atom. The van der Waals surface area contributed by atoms with E-state index in [1.807, 2.05) is 12.1 Å². The van der Waals surface area contributed by atoms with Crippen LogP contribution in [0, 0.1) is 0 Å². The van der Waals surface area contributed by atoms with E-state index in [0.717, 1.165) is 41.9 Å². The molecule has 1 aromatic carbocycles. The minimum Gasteiger partial charge on any atom is -0.369 e. The average molecular weight is 369 g/mol. The van der Waals surface area contributed by atoms with Crippen LogP contribution in [-0.2, 0) is 20.4 Å². The van der Waals surface area contributed by atoms with Crippen molar-refractivity contribution in [2.75, 3.05) is 17.2 Å². The number of nitrogens with two attached hydrogens (primary N) is 1. The number of halogens is 1. The van der Waals surface area contributed by atoms with E-state index in [4.69, 9.17) is 17.3 Å². The number of carbonyl (C=O) groups excluding carboxylic acids is 2. The zero-order chi connectivity index (χ0) is 18.3. The predicted molar refractivity (Wildman–Crippen MR) is 99.3 cm³/mol. The lowest BCUT2D eigenvalue weighted by Gasteiger charge is -2.18. The van der Waals surface area contributed by atoms with Gasteiger partial charge < -0.3 is 16.4 Å². The maximum Gasteiger partial charge on any atom is 0.244 e. The second-order valence-corrected chi connectivity index (χ2v) is 7.93. The normalized spacial score (nSPS) is 24.0. The van der Waals surface area contributed by atoms with E-state index in [-0.39, 0.29) is 5.41 Å². The van der Waals surface area contributed by atoms with E-state index < -0.39 is 17.2 Å². The quantitative estimate of drug-likeness (QED) is 0.709. The average Bonchev–Trinajstić information content (AvgIpc) is 3.22. The summed E-state index contributed by atoms with van der Waals surface area (Å²) >= 11 is 6.77. The second-order valence-electron chi connectivity index (χ2n) is 7.55. The van der Waals surface area contributed by atoms with Gasteiger partial charge in [0, 0.05) is 40.5 Å². The zero-order valence-electron chi connectivity index (χ0n) is 14.1. The van der Waals surface area contributed by atoms with Gasteiger partial charge in [-0.1, -0.05) is 17.7 Å². The van der Waals surface area contributed by atoms with Gasteiger partial charge in [0.1, 0.15) is 5.82 Å². The Labute approximate surface area is 155 Å². The van der Waals surface area contributed by atoms with Gasteiger partial charge in [0.25, 0.3) is 0 Å². The number of amides is 2. The molecule has 1 atom stereocenters. The van der Waals surface area contributed by atoms with E-state index in [1.54, 1.807) is 19.2 Å². The van der Waals surface area contributed by atoms with Crippen molar-refractivity contribution in [1.29, 1.82) is 0 Å². The summed E-state index contributed by atoms with van der Waals surface area (Å²) in [7, 11) is 0. The third kappa shape index (κ3) is 1.80. The molecule has 0 saturated heterocycles. The van der Waals surface area contributed by atoms with E-state index in [2.05, 4.69) is 15.6 Å². The second kappa shape index (κ2) is 4.76. The lowest BCUT2D eigenvalue weighted by Crippen LogP contribution is -2.44. The van der Waals surface area contributed by atoms with Crippen molar-refractivity contribution in [3.63, 3.8) is 0 Å². The van der Waals surface area contributed by atoms with Crippen LogP contribution in [0.25, 0.3) is 11.1 Å². The highest BCUT2D eigenvalue weighted by atomic mass is 35.5. The van der Waals surface area contributed by atoms with E-state index in [1.165, 1.54) is 0 Å². The summed E-state index contributed by atoms with van der Waals surface area (Å²) in [5, 5.41) is 6.76. The van der Waals surface area contributed by atoms with E-state index in [0.29, 0.717) is 16.3 Å². The number of nitrogens with one attached hydrogen (secondary N) is 2. The fraction of sp³-hybridized carbons (Fsp3) is 0.316. The molecule has 1 aliphatic carbocycles. The molecule has 132 valence electrons. The number of rotatable bonds is 2. The van der Waals surface area contributed by atoms with Gasteiger partial charge in [-0.05, 0) is 37.5 Å². The summed E-state index contributed by atoms with van der Waals surface area (Å²) in [6.07, 6.45) is 3.96. The Morgan fingerprint density at radius 3 is 2.81 bits per heavy atom. The van der Waals surface area contributed by atoms with Crippen molar-refractivity contribution in [3.05, 3.63) is 40.5 Å². The molecule has 4 N–H and O–H groups in total. The SMILES string of the molecule is CC1(C(N)=O)C(=O)Nc2ccc(-c3cnc4c(c3Cl)C3(CC3)CN4)cc21. The number of nitrogens with zero attached hydrogens (tertiary/aromatic N) is 1. The van der Waals surface area contributed by atoms with Gasteiger partial charge in [-0.15, -0.1) is 0 Å². The first-order valence-electron chi connectivity index (χ1n) is 8.56. The third-order valence-corrected chi connectivity index (χ3v) is 6.45. The maximum atomic E-state index is 12.3. The first-order valence-corrected chi connectivity index (χ1v) is 8.94. The van der Waals surface area contributed by atoms with E-state index in [9.17, 15) is 9.59 Å². The number of fused-ring (bicyclic) bond motifs is 3. The summed E-state index contributed by atoms with van der Waals surface area (Å²) in [6.45, 7) is 2.42. The Bertz CT molecular complexity index is 1010. The molecule has 1 fully saturated rings. The van der Waals surface area contributed by atoms with Crippen LogP contribution in [0.3, 0.4) is 0 Å². The van der Waals surface area contributed by atoms with Crippen LogP contribution < -0.4 is 16.4 Å². The summed E-state index contributed by atoms with van der Waals surface area (Å²) in [4.78, 5) is 28.8. The molecule has 3 aliphatic rings. The van der Waals surface area contributed by atoms with Gasteiger partial charge in [0.05, 0.1) is 5.02 Å². The lowest BCUT2D eigenvalue weighted by atomic mass is 9.82. The summed E-state index contributed by atoms with van der Waals surface area (Å²) in [5.74, 6) is -0.224. The first-order chi connectivity index (χ1) is 12.4. The summed E-state index contributed by atoms with van der Waals surface area (Å²) in [5.41, 5.74) is 8.13. The highest BCUT2D eigenvalue weighted by molar-refractivity contribution is 6.34. The van der Waals surface area contributed by atoms with Gasteiger partial charge in [0.2, 0.25) is 11.8 Å². The highest BCUT2D eigenvalue weighted by Crippen LogP contribution is 2.57. The smallest absolute Gasteiger partial charge is 0.244 e. The minimum absolute atomic E-state index is 0.116. The number of benzene rings is 1. The molecule has 2 aliphatic heterocycles. The molecule has 2 aromatic rings. The number of aromatic nitrogens is 1. The molecule has 26 heavy (non-hydrogen) atoms. The van der Waals surface area contributed by atoms with Crippen molar-refractivity contribution >= 4 is 34.9 Å². The topological polar surface area (TPSA) is 97.1 Å². The molecule has 7 heteroatoms. The van der Waals surface area contributed by atoms with Gasteiger partial charge in [-0.3, -0.25) is 9.59 Å². The Hall–Kier alpha value is -2.60. The van der Waals surface area contributed by atoms with Crippen LogP contribution in [-0.4, -0.2) is 23.3 Å². The fourth-order valence-corrected chi connectivity index (χ4v) is 4.52. The molecular weight excluding hydrogens is 352 g/mol. The number of anilines is 2. The van der Waals surface area contributed by atoms with Crippen LogP contribution in [0.15, 0.2) is 24.4 Å². The predicted octanol–water partition coefficient (Wildman–Crippen LogP) is 2.55. The fourth-order valence-electron chi connectivity index (χ4n) is 4.08. The molecule has 1 spiro atoms. The number of hydrogen-bond acceptors (Lipinski definition) is 4. The van der Waals surface area contributed by atoms with Gasteiger partial charge >= 0.3 is 0 Å². The molecule has 2 amide bonds. The lowest BCUT2D eigenvalue weighted by molar-refractivity contribution is -0.131. The number of primary amides is 1. The molecule has 0 radical (unpaired) electrons. The van der Waals surface area contributed by atoms with Gasteiger partial charge in [-0.2, -0.15) is 0 Å². The Balaban J connectivity index is 1.68. The Morgan fingerprint density at radius 1 is 1.35 bits per heavy atom. The number of carbonyl (C=O) groups is 2. The van der Waals surface area contributed by atoms with Crippen molar-refractivity contribution in [3.8, 4) is 11.1 Å².